The number of alkyl halides is 6. The van der Waals surface area contributed by atoms with Gasteiger partial charge in [-0.2, -0.15) is 13.2 Å². The Balaban J connectivity index is 2.04. The van der Waals surface area contributed by atoms with Gasteiger partial charge in [-0.15, -0.1) is 13.2 Å². The summed E-state index contributed by atoms with van der Waals surface area (Å²) in [6.45, 7) is -0.874. The Morgan fingerprint density at radius 2 is 1.55 bits per heavy atom. The number of aliphatic hydroxyl groups is 1. The number of aliphatic imine (C=N–C) groups is 1. The number of rotatable bonds is 4. The summed E-state index contributed by atoms with van der Waals surface area (Å²) >= 11 is 0. The number of benzene rings is 2. The highest BCUT2D eigenvalue weighted by molar-refractivity contribution is 7.90. The van der Waals surface area contributed by atoms with Crippen molar-refractivity contribution in [3.05, 3.63) is 59.7 Å². The van der Waals surface area contributed by atoms with Crippen LogP contribution in [0.5, 0.6) is 0 Å². The molecule has 1 heterocycles. The first-order chi connectivity index (χ1) is 14.1. The van der Waals surface area contributed by atoms with Crippen LogP contribution < -0.4 is 4.90 Å². The first-order valence-corrected chi connectivity index (χ1v) is 10.3. The summed E-state index contributed by atoms with van der Waals surface area (Å²) in [5, 5.41) is 10.2. The van der Waals surface area contributed by atoms with E-state index in [2.05, 4.69) is 9.73 Å². The van der Waals surface area contributed by atoms with Crippen molar-refractivity contribution >= 4 is 21.4 Å². The summed E-state index contributed by atoms with van der Waals surface area (Å²) in [5.74, 6) is -3.32. The molecule has 0 radical (unpaired) electrons. The third-order valence-electron chi connectivity index (χ3n) is 4.23. The molecule has 2 aromatic carbocycles. The molecular formula is C18H14F6N2O4S. The van der Waals surface area contributed by atoms with Gasteiger partial charge in [-0.05, 0) is 48.5 Å². The molecule has 0 fully saturated rings. The maximum absolute atomic E-state index is 12.8. The lowest BCUT2D eigenvalue weighted by atomic mass is 10.1. The molecule has 1 N–H and O–H groups in total. The molecular weight excluding hydrogens is 454 g/mol. The molecule has 1 atom stereocenters. The summed E-state index contributed by atoms with van der Waals surface area (Å²) in [4.78, 5) is 4.54. The van der Waals surface area contributed by atoms with Gasteiger partial charge in [-0.3, -0.25) is 0 Å². The second-order valence-corrected chi connectivity index (χ2v) is 8.67. The minimum atomic E-state index is -5.25. The molecule has 0 spiro atoms. The zero-order valence-electron chi connectivity index (χ0n) is 15.6. The Hall–Kier alpha value is -2.64. The van der Waals surface area contributed by atoms with Crippen molar-refractivity contribution in [3.8, 4) is 0 Å². The van der Waals surface area contributed by atoms with Crippen LogP contribution in [0.15, 0.2) is 58.4 Å². The summed E-state index contributed by atoms with van der Waals surface area (Å²) < 4.78 is 103. The van der Waals surface area contributed by atoms with Crippen LogP contribution in [0, 0.1) is 0 Å². The van der Waals surface area contributed by atoms with E-state index in [0.29, 0.717) is 0 Å². The number of hydrogen-bond donors (Lipinski definition) is 1. The first kappa shape index (κ1) is 23.0. The Bertz CT molecular complexity index is 1100. The fraction of sp³-hybridized carbons (Fsp3) is 0.278. The highest BCUT2D eigenvalue weighted by Crippen LogP contribution is 2.35. The Morgan fingerprint density at radius 3 is 2.00 bits per heavy atom. The maximum atomic E-state index is 12.8. The number of sulfone groups is 1. The normalized spacial score (nSPS) is 20.1. The molecule has 1 aliphatic rings. The molecule has 0 saturated heterocycles. The molecule has 31 heavy (non-hydrogen) atoms. The molecule has 0 aliphatic carbocycles. The van der Waals surface area contributed by atoms with Crippen molar-refractivity contribution < 1.29 is 44.6 Å². The maximum Gasteiger partial charge on any atom is 0.526 e. The van der Waals surface area contributed by atoms with Crippen LogP contribution in [0.3, 0.4) is 0 Å². The number of anilines is 1. The van der Waals surface area contributed by atoms with Crippen LogP contribution >= 0.6 is 0 Å². The minimum Gasteiger partial charge on any atom is -0.346 e. The molecule has 13 heteroatoms. The van der Waals surface area contributed by atoms with Crippen LogP contribution in [0.25, 0.3) is 0 Å². The SMILES string of the molecule is CS(=O)(=O)c1ccc(C2=NC(O)(OC(F)(F)F)CN2c2ccc(C(F)(F)F)cc2)cc1. The second kappa shape index (κ2) is 7.50. The first-order valence-electron chi connectivity index (χ1n) is 8.42. The van der Waals surface area contributed by atoms with E-state index in [9.17, 15) is 39.9 Å². The van der Waals surface area contributed by atoms with E-state index in [-0.39, 0.29) is 22.0 Å². The highest BCUT2D eigenvalue weighted by Gasteiger charge is 2.48. The average Bonchev–Trinajstić information content (AvgIpc) is 2.96. The number of nitrogens with zero attached hydrogens (tertiary/aromatic N) is 2. The fourth-order valence-electron chi connectivity index (χ4n) is 2.90. The Morgan fingerprint density at radius 1 is 1.00 bits per heavy atom. The lowest BCUT2D eigenvalue weighted by Crippen LogP contribution is -2.42. The monoisotopic (exact) mass is 468 g/mol. The van der Waals surface area contributed by atoms with Gasteiger partial charge in [0.2, 0.25) is 0 Å². The minimum absolute atomic E-state index is 0.000592. The number of amidine groups is 1. The van der Waals surface area contributed by atoms with Gasteiger partial charge < -0.3 is 10.0 Å². The molecule has 0 aromatic heterocycles. The van der Waals surface area contributed by atoms with Gasteiger partial charge >= 0.3 is 12.5 Å². The third-order valence-corrected chi connectivity index (χ3v) is 5.35. The molecule has 168 valence electrons. The van der Waals surface area contributed by atoms with Crippen LogP contribution in [0.4, 0.5) is 32.0 Å². The van der Waals surface area contributed by atoms with Gasteiger partial charge in [0.25, 0.3) is 5.91 Å². The highest BCUT2D eigenvalue weighted by atomic mass is 32.2. The molecule has 1 unspecified atom stereocenters. The van der Waals surface area contributed by atoms with Crippen LogP contribution in [0.2, 0.25) is 0 Å². The van der Waals surface area contributed by atoms with E-state index in [1.165, 1.54) is 24.3 Å². The zero-order chi connectivity index (χ0) is 23.2. The van der Waals surface area contributed by atoms with Gasteiger partial charge in [0.05, 0.1) is 10.5 Å². The molecule has 0 saturated carbocycles. The smallest absolute Gasteiger partial charge is 0.346 e. The number of ether oxygens (including phenoxy) is 1. The topological polar surface area (TPSA) is 79.2 Å². The largest absolute Gasteiger partial charge is 0.526 e. The quantitative estimate of drug-likeness (QED) is 0.549. The van der Waals surface area contributed by atoms with E-state index >= 15 is 0 Å². The predicted octanol–water partition coefficient (Wildman–Crippen LogP) is 3.56. The predicted molar refractivity (Wildman–Crippen MR) is 97.0 cm³/mol. The lowest BCUT2D eigenvalue weighted by Gasteiger charge is -2.25. The number of β-amino-alcohol motifs (C(OH)–C–C–N with tert-alkyl or cyclic N) is 1. The summed E-state index contributed by atoms with van der Waals surface area (Å²) in [6, 6.07) is 8.30. The number of hydrogen-bond acceptors (Lipinski definition) is 6. The molecule has 1 aliphatic heterocycles. The average molecular weight is 468 g/mol. The van der Waals surface area contributed by atoms with E-state index < -0.39 is 40.4 Å². The van der Waals surface area contributed by atoms with Crippen molar-refractivity contribution in [2.45, 2.75) is 23.3 Å². The van der Waals surface area contributed by atoms with Crippen molar-refractivity contribution in [1.29, 1.82) is 0 Å². The molecule has 3 rings (SSSR count). The van der Waals surface area contributed by atoms with E-state index in [0.717, 1.165) is 35.4 Å². The fourth-order valence-corrected chi connectivity index (χ4v) is 3.53. The molecule has 2 aromatic rings. The van der Waals surface area contributed by atoms with Crippen LogP contribution in [-0.4, -0.2) is 44.4 Å². The lowest BCUT2D eigenvalue weighted by molar-refractivity contribution is -0.402. The number of halogens is 6. The second-order valence-electron chi connectivity index (χ2n) is 6.65. The molecule has 0 amide bonds. The Kier molecular flexibility index (Phi) is 5.57. The summed E-state index contributed by atoms with van der Waals surface area (Å²) in [7, 11) is -3.56. The Labute approximate surface area is 172 Å². The van der Waals surface area contributed by atoms with Gasteiger partial charge in [-0.1, -0.05) is 0 Å². The van der Waals surface area contributed by atoms with E-state index in [1.807, 2.05) is 0 Å². The molecule has 0 bridgehead atoms. The van der Waals surface area contributed by atoms with Crippen molar-refractivity contribution in [1.82, 2.24) is 0 Å². The van der Waals surface area contributed by atoms with Gasteiger partial charge in [-0.25, -0.2) is 18.1 Å². The van der Waals surface area contributed by atoms with Crippen molar-refractivity contribution in [2.24, 2.45) is 4.99 Å². The molecule has 6 nitrogen and oxygen atoms in total. The van der Waals surface area contributed by atoms with Crippen molar-refractivity contribution in [2.75, 3.05) is 17.7 Å². The van der Waals surface area contributed by atoms with E-state index in [1.54, 1.807) is 0 Å². The van der Waals surface area contributed by atoms with Gasteiger partial charge in [0.15, 0.2) is 9.84 Å². The standard InChI is InChI=1S/C18H14F6N2O4S/c1-31(28,29)14-8-2-11(3-9-14)15-25-16(27,30-18(22,23)24)10-26(15)13-6-4-12(5-7-13)17(19,20)21/h2-9,27H,10H2,1H3. The van der Waals surface area contributed by atoms with Crippen LogP contribution in [0.1, 0.15) is 11.1 Å². The van der Waals surface area contributed by atoms with Gasteiger partial charge in [0, 0.05) is 17.5 Å². The van der Waals surface area contributed by atoms with E-state index in [4.69, 9.17) is 0 Å². The summed E-state index contributed by atoms with van der Waals surface area (Å²) in [5.41, 5.74) is -0.872. The van der Waals surface area contributed by atoms with Crippen LogP contribution in [-0.2, 0) is 20.8 Å². The third kappa shape index (κ3) is 5.35. The van der Waals surface area contributed by atoms with Gasteiger partial charge in [0.1, 0.15) is 12.4 Å². The zero-order valence-corrected chi connectivity index (χ0v) is 16.4. The summed E-state index contributed by atoms with van der Waals surface area (Å²) in [6.07, 6.45) is -8.92. The van der Waals surface area contributed by atoms with Crippen molar-refractivity contribution in [3.63, 3.8) is 0 Å².